The number of pyridine rings is 1. The van der Waals surface area contributed by atoms with Crippen molar-refractivity contribution in [3.63, 3.8) is 0 Å². The van der Waals surface area contributed by atoms with Crippen LogP contribution in [0.2, 0.25) is 5.02 Å². The molecule has 0 aromatic carbocycles. The number of halogens is 2. The normalized spacial score (nSPS) is 15.8. The summed E-state index contributed by atoms with van der Waals surface area (Å²) in [5.74, 6) is 0.631. The third-order valence-corrected chi connectivity index (χ3v) is 5.14. The molecule has 1 fully saturated rings. The second-order valence-electron chi connectivity index (χ2n) is 6.09. The van der Waals surface area contributed by atoms with E-state index in [1.165, 1.54) is 32.1 Å². The summed E-state index contributed by atoms with van der Waals surface area (Å²) in [6.07, 6.45) is 11.6. The molecule has 0 saturated heterocycles. The quantitative estimate of drug-likeness (QED) is 0.668. The van der Waals surface area contributed by atoms with Gasteiger partial charge in [-0.05, 0) is 40.9 Å². The molecular formula is C17H17BrClN5. The van der Waals surface area contributed by atoms with Gasteiger partial charge in [0.25, 0.3) is 0 Å². The fraction of sp³-hybridized carbons (Fsp3) is 0.353. The van der Waals surface area contributed by atoms with Gasteiger partial charge in [-0.3, -0.25) is 4.40 Å². The smallest absolute Gasteiger partial charge is 0.223 e. The monoisotopic (exact) mass is 405 g/mol. The fourth-order valence-electron chi connectivity index (χ4n) is 3.18. The van der Waals surface area contributed by atoms with Crippen molar-refractivity contribution in [1.29, 1.82) is 0 Å². The van der Waals surface area contributed by atoms with Gasteiger partial charge in [0.2, 0.25) is 5.95 Å². The van der Waals surface area contributed by atoms with Crippen LogP contribution in [0.3, 0.4) is 0 Å². The summed E-state index contributed by atoms with van der Waals surface area (Å²) in [7, 11) is 0. The number of aromatic nitrogens is 4. The number of hydrogen-bond acceptors (Lipinski definition) is 4. The Hall–Kier alpha value is -1.66. The maximum absolute atomic E-state index is 6.36. The first kappa shape index (κ1) is 15.8. The fourth-order valence-corrected chi connectivity index (χ4v) is 3.70. The molecule has 5 nitrogen and oxygen atoms in total. The van der Waals surface area contributed by atoms with Crippen LogP contribution < -0.4 is 5.32 Å². The summed E-state index contributed by atoms with van der Waals surface area (Å²) in [4.78, 5) is 13.4. The number of rotatable bonds is 3. The number of anilines is 1. The minimum absolute atomic E-state index is 0.448. The highest BCUT2D eigenvalue weighted by Gasteiger charge is 2.17. The molecule has 0 spiro atoms. The van der Waals surface area contributed by atoms with Crippen LogP contribution in [0.4, 0.5) is 5.95 Å². The number of hydrogen-bond donors (Lipinski definition) is 1. The van der Waals surface area contributed by atoms with Crippen molar-refractivity contribution in [3.8, 4) is 11.4 Å². The van der Waals surface area contributed by atoms with Crippen LogP contribution >= 0.6 is 27.5 Å². The molecule has 3 heterocycles. The van der Waals surface area contributed by atoms with E-state index in [0.29, 0.717) is 22.7 Å². The number of nitrogens with zero attached hydrogens (tertiary/aromatic N) is 4. The molecule has 3 aromatic rings. The Labute approximate surface area is 153 Å². The highest BCUT2D eigenvalue weighted by atomic mass is 79.9. The standard InChI is InChI=1S/C17H17BrClN5/c18-11-6-7-15-20-9-14(24(15)10-11)16-13(19)8-21-17(23-16)22-12-4-2-1-3-5-12/h6-10,12H,1-5H2,(H,21,22,23). The largest absolute Gasteiger partial charge is 0.351 e. The molecule has 0 atom stereocenters. The molecule has 0 unspecified atom stereocenters. The summed E-state index contributed by atoms with van der Waals surface area (Å²) in [5.41, 5.74) is 2.39. The minimum Gasteiger partial charge on any atom is -0.351 e. The van der Waals surface area contributed by atoms with Crippen molar-refractivity contribution in [1.82, 2.24) is 19.4 Å². The Morgan fingerprint density at radius 1 is 1.12 bits per heavy atom. The first-order chi connectivity index (χ1) is 11.7. The van der Waals surface area contributed by atoms with E-state index in [2.05, 4.69) is 36.2 Å². The zero-order valence-electron chi connectivity index (χ0n) is 13.0. The van der Waals surface area contributed by atoms with E-state index in [-0.39, 0.29) is 0 Å². The van der Waals surface area contributed by atoms with E-state index in [0.717, 1.165) is 15.8 Å². The predicted molar refractivity (Wildman–Crippen MR) is 99.4 cm³/mol. The van der Waals surface area contributed by atoms with E-state index in [9.17, 15) is 0 Å². The first-order valence-electron chi connectivity index (χ1n) is 8.13. The molecule has 124 valence electrons. The van der Waals surface area contributed by atoms with Crippen molar-refractivity contribution in [2.75, 3.05) is 5.32 Å². The van der Waals surface area contributed by atoms with Crippen LogP contribution in [0, 0.1) is 0 Å². The predicted octanol–water partition coefficient (Wildman–Crippen LogP) is 4.95. The van der Waals surface area contributed by atoms with Gasteiger partial charge in [0, 0.05) is 16.7 Å². The van der Waals surface area contributed by atoms with E-state index in [1.54, 1.807) is 12.4 Å². The maximum atomic E-state index is 6.36. The van der Waals surface area contributed by atoms with Gasteiger partial charge in [-0.25, -0.2) is 15.0 Å². The Kier molecular flexibility index (Phi) is 4.41. The van der Waals surface area contributed by atoms with Crippen molar-refractivity contribution in [3.05, 3.63) is 40.2 Å². The summed E-state index contributed by atoms with van der Waals surface area (Å²) in [6.45, 7) is 0. The average molecular weight is 407 g/mol. The molecule has 0 aliphatic heterocycles. The number of imidazole rings is 1. The van der Waals surface area contributed by atoms with Crippen molar-refractivity contribution < 1.29 is 0 Å². The lowest BCUT2D eigenvalue weighted by atomic mass is 9.96. The third kappa shape index (κ3) is 3.13. The van der Waals surface area contributed by atoms with E-state index < -0.39 is 0 Å². The van der Waals surface area contributed by atoms with Gasteiger partial charge < -0.3 is 5.32 Å². The molecule has 1 aliphatic rings. The zero-order valence-corrected chi connectivity index (χ0v) is 15.4. The average Bonchev–Trinajstić information content (AvgIpc) is 3.00. The zero-order chi connectivity index (χ0) is 16.5. The van der Waals surface area contributed by atoms with Crippen LogP contribution in [0.1, 0.15) is 32.1 Å². The summed E-state index contributed by atoms with van der Waals surface area (Å²) >= 11 is 9.86. The molecule has 3 aromatic heterocycles. The van der Waals surface area contributed by atoms with Crippen molar-refractivity contribution >= 4 is 39.1 Å². The summed E-state index contributed by atoms with van der Waals surface area (Å²) in [6, 6.07) is 4.36. The molecule has 4 rings (SSSR count). The maximum Gasteiger partial charge on any atom is 0.223 e. The molecule has 24 heavy (non-hydrogen) atoms. The Bertz CT molecular complexity index is 873. The lowest BCUT2D eigenvalue weighted by Crippen LogP contribution is -2.23. The lowest BCUT2D eigenvalue weighted by Gasteiger charge is -2.22. The van der Waals surface area contributed by atoms with Gasteiger partial charge in [-0.1, -0.05) is 30.9 Å². The van der Waals surface area contributed by atoms with Crippen LogP contribution in [0.15, 0.2) is 35.2 Å². The van der Waals surface area contributed by atoms with Crippen molar-refractivity contribution in [2.24, 2.45) is 0 Å². The topological polar surface area (TPSA) is 55.1 Å². The molecule has 0 radical (unpaired) electrons. The Morgan fingerprint density at radius 2 is 1.96 bits per heavy atom. The Balaban J connectivity index is 1.71. The number of fused-ring (bicyclic) bond motifs is 1. The SMILES string of the molecule is Clc1cnc(NC2CCCCC2)nc1-c1cnc2ccc(Br)cn12. The molecule has 1 saturated carbocycles. The molecular weight excluding hydrogens is 390 g/mol. The van der Waals surface area contributed by atoms with Crippen LogP contribution in [0.5, 0.6) is 0 Å². The second-order valence-corrected chi connectivity index (χ2v) is 7.41. The van der Waals surface area contributed by atoms with Gasteiger partial charge in [0.1, 0.15) is 11.3 Å². The molecule has 7 heteroatoms. The number of nitrogens with one attached hydrogen (secondary N) is 1. The lowest BCUT2D eigenvalue weighted by molar-refractivity contribution is 0.461. The van der Waals surface area contributed by atoms with Gasteiger partial charge in [0.05, 0.1) is 23.1 Å². The van der Waals surface area contributed by atoms with E-state index in [1.807, 2.05) is 22.7 Å². The van der Waals surface area contributed by atoms with Gasteiger partial charge in [0.15, 0.2) is 0 Å². The van der Waals surface area contributed by atoms with Crippen LogP contribution in [-0.2, 0) is 0 Å². The van der Waals surface area contributed by atoms with Crippen LogP contribution in [0.25, 0.3) is 17.0 Å². The van der Waals surface area contributed by atoms with Crippen LogP contribution in [-0.4, -0.2) is 25.4 Å². The van der Waals surface area contributed by atoms with Gasteiger partial charge >= 0.3 is 0 Å². The van der Waals surface area contributed by atoms with E-state index >= 15 is 0 Å². The highest BCUT2D eigenvalue weighted by molar-refractivity contribution is 9.10. The molecule has 0 amide bonds. The minimum atomic E-state index is 0.448. The highest BCUT2D eigenvalue weighted by Crippen LogP contribution is 2.28. The molecule has 1 N–H and O–H groups in total. The Morgan fingerprint density at radius 3 is 2.79 bits per heavy atom. The van der Waals surface area contributed by atoms with Gasteiger partial charge in [-0.15, -0.1) is 0 Å². The first-order valence-corrected chi connectivity index (χ1v) is 9.30. The van der Waals surface area contributed by atoms with Gasteiger partial charge in [-0.2, -0.15) is 0 Å². The van der Waals surface area contributed by atoms with Crippen molar-refractivity contribution in [2.45, 2.75) is 38.1 Å². The molecule has 0 bridgehead atoms. The summed E-state index contributed by atoms with van der Waals surface area (Å²) < 4.78 is 2.95. The second kappa shape index (κ2) is 6.69. The van der Waals surface area contributed by atoms with E-state index in [4.69, 9.17) is 11.6 Å². The third-order valence-electron chi connectivity index (χ3n) is 4.39. The summed E-state index contributed by atoms with van der Waals surface area (Å²) in [5, 5.41) is 3.97. The molecule has 1 aliphatic carbocycles.